The second-order valence-corrected chi connectivity index (χ2v) is 4.09. The molecule has 0 aliphatic heterocycles. The molecule has 0 spiro atoms. The quantitative estimate of drug-likeness (QED) is 0.501. The smallest absolute Gasteiger partial charge is 0.271 e. The number of rotatable bonds is 3. The Balaban J connectivity index is 2.11. The van der Waals surface area contributed by atoms with Crippen LogP contribution in [-0.4, -0.2) is 11.6 Å². The first-order valence-electron chi connectivity index (χ1n) is 5.93. The Hall–Kier alpha value is -2.62. The molecule has 0 atom stereocenters. The lowest BCUT2D eigenvalue weighted by Gasteiger charge is -2.05. The van der Waals surface area contributed by atoms with E-state index in [1.807, 2.05) is 24.3 Å². The van der Waals surface area contributed by atoms with E-state index >= 15 is 0 Å². The minimum absolute atomic E-state index is 0.241. The zero-order chi connectivity index (χ0) is 13.7. The van der Waals surface area contributed by atoms with Gasteiger partial charge in [0.2, 0.25) is 0 Å². The van der Waals surface area contributed by atoms with Crippen molar-refractivity contribution in [1.29, 1.82) is 0 Å². The number of benzene rings is 2. The van der Waals surface area contributed by atoms with E-state index in [1.54, 1.807) is 37.3 Å². The lowest BCUT2D eigenvalue weighted by Crippen LogP contribution is -2.19. The molecule has 96 valence electrons. The van der Waals surface area contributed by atoms with Crippen LogP contribution < -0.4 is 11.2 Å². The Kier molecular flexibility index (Phi) is 3.93. The molecule has 4 nitrogen and oxygen atoms in total. The highest BCUT2D eigenvalue weighted by molar-refractivity contribution is 6.04. The van der Waals surface area contributed by atoms with Gasteiger partial charge >= 0.3 is 0 Å². The fourth-order valence-corrected chi connectivity index (χ4v) is 1.68. The van der Waals surface area contributed by atoms with Crippen LogP contribution >= 0.6 is 0 Å². The average molecular weight is 253 g/mol. The van der Waals surface area contributed by atoms with Gasteiger partial charge in [0, 0.05) is 16.8 Å². The second-order valence-electron chi connectivity index (χ2n) is 4.09. The van der Waals surface area contributed by atoms with E-state index in [-0.39, 0.29) is 5.91 Å². The molecule has 3 N–H and O–H groups in total. The third-order valence-electron chi connectivity index (χ3n) is 2.71. The fourth-order valence-electron chi connectivity index (χ4n) is 1.68. The number of hydrazone groups is 1. The lowest BCUT2D eigenvalue weighted by atomic mass is 10.1. The van der Waals surface area contributed by atoms with Crippen molar-refractivity contribution in [3.05, 3.63) is 65.7 Å². The van der Waals surface area contributed by atoms with Gasteiger partial charge in [0.05, 0.1) is 5.71 Å². The highest BCUT2D eigenvalue weighted by Gasteiger charge is 2.05. The van der Waals surface area contributed by atoms with E-state index in [0.717, 1.165) is 5.56 Å². The van der Waals surface area contributed by atoms with E-state index in [9.17, 15) is 4.79 Å². The van der Waals surface area contributed by atoms with Crippen LogP contribution in [0.1, 0.15) is 22.8 Å². The maximum absolute atomic E-state index is 11.8. The van der Waals surface area contributed by atoms with E-state index < -0.39 is 0 Å². The van der Waals surface area contributed by atoms with Crippen LogP contribution in [0.15, 0.2) is 59.7 Å². The molecule has 0 fully saturated rings. The molecular formula is C15H15N3O. The number of nitrogens with one attached hydrogen (secondary N) is 1. The highest BCUT2D eigenvalue weighted by Crippen LogP contribution is 2.11. The van der Waals surface area contributed by atoms with Gasteiger partial charge in [-0.1, -0.05) is 36.4 Å². The van der Waals surface area contributed by atoms with E-state index in [0.29, 0.717) is 17.0 Å². The standard InChI is InChI=1S/C15H15N3O/c1-11(13-9-5-6-10-14(13)16)17-18-15(19)12-7-3-2-4-8-12/h2-10H,16H2,1H3,(H,18,19)/b17-11+. The summed E-state index contributed by atoms with van der Waals surface area (Å²) >= 11 is 0. The SMILES string of the molecule is C/C(=N\NC(=O)c1ccccc1)c1ccccc1N. The van der Waals surface area contributed by atoms with Crippen molar-refractivity contribution < 1.29 is 4.79 Å². The van der Waals surface area contributed by atoms with Crippen molar-refractivity contribution in [2.24, 2.45) is 5.10 Å². The maximum atomic E-state index is 11.8. The van der Waals surface area contributed by atoms with Gasteiger partial charge in [-0.3, -0.25) is 4.79 Å². The van der Waals surface area contributed by atoms with E-state index in [2.05, 4.69) is 10.5 Å². The molecule has 0 radical (unpaired) electrons. The van der Waals surface area contributed by atoms with Gasteiger partial charge in [-0.05, 0) is 25.1 Å². The largest absolute Gasteiger partial charge is 0.398 e. The van der Waals surface area contributed by atoms with Crippen LogP contribution in [0.5, 0.6) is 0 Å². The number of hydrogen-bond acceptors (Lipinski definition) is 3. The third-order valence-corrected chi connectivity index (χ3v) is 2.71. The molecule has 0 aliphatic rings. The number of anilines is 1. The molecule has 0 unspecified atom stereocenters. The van der Waals surface area contributed by atoms with Crippen LogP contribution in [0, 0.1) is 0 Å². The first-order valence-corrected chi connectivity index (χ1v) is 5.93. The molecule has 0 bridgehead atoms. The predicted octanol–water partition coefficient (Wildman–Crippen LogP) is 2.42. The van der Waals surface area contributed by atoms with Gasteiger partial charge in [0.15, 0.2) is 0 Å². The summed E-state index contributed by atoms with van der Waals surface area (Å²) in [6.45, 7) is 1.80. The van der Waals surface area contributed by atoms with Crippen molar-refractivity contribution in [3.63, 3.8) is 0 Å². The molecule has 2 aromatic rings. The predicted molar refractivity (Wildman–Crippen MR) is 77.0 cm³/mol. The monoisotopic (exact) mass is 253 g/mol. The normalized spacial score (nSPS) is 11.1. The average Bonchev–Trinajstić information content (AvgIpc) is 2.46. The molecule has 0 aliphatic carbocycles. The third kappa shape index (κ3) is 3.19. The molecule has 2 rings (SSSR count). The first-order chi connectivity index (χ1) is 9.18. The Morgan fingerprint density at radius 1 is 1.05 bits per heavy atom. The summed E-state index contributed by atoms with van der Waals surface area (Å²) in [7, 11) is 0. The molecule has 0 aromatic heterocycles. The summed E-state index contributed by atoms with van der Waals surface area (Å²) in [5.74, 6) is -0.241. The lowest BCUT2D eigenvalue weighted by molar-refractivity contribution is 0.0955. The zero-order valence-electron chi connectivity index (χ0n) is 10.6. The maximum Gasteiger partial charge on any atom is 0.271 e. The van der Waals surface area contributed by atoms with E-state index in [1.165, 1.54) is 0 Å². The molecule has 0 saturated heterocycles. The molecule has 0 heterocycles. The van der Waals surface area contributed by atoms with E-state index in [4.69, 9.17) is 5.73 Å². The van der Waals surface area contributed by atoms with Gasteiger partial charge in [0.1, 0.15) is 0 Å². The molecule has 2 aromatic carbocycles. The Bertz CT molecular complexity index is 606. The van der Waals surface area contributed by atoms with Crippen LogP contribution in [0.2, 0.25) is 0 Å². The number of para-hydroxylation sites is 1. The molecule has 0 saturated carbocycles. The van der Waals surface area contributed by atoms with Gasteiger partial charge < -0.3 is 5.73 Å². The zero-order valence-corrected chi connectivity index (χ0v) is 10.6. The number of hydrogen-bond donors (Lipinski definition) is 2. The summed E-state index contributed by atoms with van der Waals surface area (Å²) in [5.41, 5.74) is 11.1. The van der Waals surface area contributed by atoms with Crippen molar-refractivity contribution in [2.75, 3.05) is 5.73 Å². The Morgan fingerprint density at radius 3 is 2.37 bits per heavy atom. The number of nitrogens with zero attached hydrogens (tertiary/aromatic N) is 1. The molecule has 1 amide bonds. The Morgan fingerprint density at radius 2 is 1.68 bits per heavy atom. The van der Waals surface area contributed by atoms with Crippen molar-refractivity contribution in [2.45, 2.75) is 6.92 Å². The van der Waals surface area contributed by atoms with Gasteiger partial charge in [0.25, 0.3) is 5.91 Å². The van der Waals surface area contributed by atoms with Gasteiger partial charge in [-0.15, -0.1) is 0 Å². The van der Waals surface area contributed by atoms with Crippen LogP contribution in [-0.2, 0) is 0 Å². The number of carbonyl (C=O) groups excluding carboxylic acids is 1. The van der Waals surface area contributed by atoms with Crippen LogP contribution in [0.25, 0.3) is 0 Å². The summed E-state index contributed by atoms with van der Waals surface area (Å²) in [5, 5.41) is 4.07. The minimum Gasteiger partial charge on any atom is -0.398 e. The summed E-state index contributed by atoms with van der Waals surface area (Å²) in [6, 6.07) is 16.3. The molecule has 19 heavy (non-hydrogen) atoms. The fraction of sp³-hybridized carbons (Fsp3) is 0.0667. The summed E-state index contributed by atoms with van der Waals surface area (Å²) < 4.78 is 0. The van der Waals surface area contributed by atoms with Crippen LogP contribution in [0.3, 0.4) is 0 Å². The van der Waals surface area contributed by atoms with Crippen molar-refractivity contribution >= 4 is 17.3 Å². The molecular weight excluding hydrogens is 238 g/mol. The van der Waals surface area contributed by atoms with Crippen LogP contribution in [0.4, 0.5) is 5.69 Å². The number of nitrogens with two attached hydrogens (primary N) is 1. The minimum atomic E-state index is -0.241. The van der Waals surface area contributed by atoms with Crippen molar-refractivity contribution in [1.82, 2.24) is 5.43 Å². The number of nitrogen functional groups attached to an aromatic ring is 1. The van der Waals surface area contributed by atoms with Gasteiger partial charge in [-0.25, -0.2) is 5.43 Å². The highest BCUT2D eigenvalue weighted by atomic mass is 16.2. The topological polar surface area (TPSA) is 67.5 Å². The molecule has 4 heteroatoms. The van der Waals surface area contributed by atoms with Gasteiger partial charge in [-0.2, -0.15) is 5.10 Å². The Labute approximate surface area is 112 Å². The summed E-state index contributed by atoms with van der Waals surface area (Å²) in [6.07, 6.45) is 0. The second kappa shape index (κ2) is 5.82. The summed E-state index contributed by atoms with van der Waals surface area (Å²) in [4.78, 5) is 11.8. The number of amides is 1. The number of carbonyl (C=O) groups is 1. The van der Waals surface area contributed by atoms with Crippen molar-refractivity contribution in [3.8, 4) is 0 Å². The first kappa shape index (κ1) is 12.8.